The molecule has 0 radical (unpaired) electrons. The average molecular weight is 422 g/mol. The molecule has 4 rings (SSSR count). The van der Waals surface area contributed by atoms with Crippen LogP contribution in [0.3, 0.4) is 0 Å². The highest BCUT2D eigenvalue weighted by Gasteiger charge is 2.24. The van der Waals surface area contributed by atoms with Crippen LogP contribution in [0.25, 0.3) is 11.1 Å². The number of hydrogen-bond acceptors (Lipinski definition) is 3. The van der Waals surface area contributed by atoms with Gasteiger partial charge in [-0.15, -0.1) is 0 Å². The topological polar surface area (TPSA) is 54.3 Å². The van der Waals surface area contributed by atoms with E-state index >= 15 is 0 Å². The number of benzene rings is 1. The maximum Gasteiger partial charge on any atom is 0.253 e. The van der Waals surface area contributed by atoms with E-state index in [1.165, 1.54) is 32.1 Å². The van der Waals surface area contributed by atoms with Crippen LogP contribution >= 0.6 is 0 Å². The van der Waals surface area contributed by atoms with Crippen molar-refractivity contribution >= 4 is 5.91 Å². The first-order valence-electron chi connectivity index (χ1n) is 12.0. The van der Waals surface area contributed by atoms with Crippen LogP contribution in [0.5, 0.6) is 0 Å². The molecule has 1 N–H and O–H groups in total. The zero-order chi connectivity index (χ0) is 21.6. The quantitative estimate of drug-likeness (QED) is 0.681. The van der Waals surface area contributed by atoms with E-state index in [-0.39, 0.29) is 11.5 Å². The lowest BCUT2D eigenvalue weighted by atomic mass is 9.94. The lowest BCUT2D eigenvalue weighted by molar-refractivity contribution is 0.0948. The van der Waals surface area contributed by atoms with Crippen LogP contribution in [-0.2, 0) is 13.0 Å². The van der Waals surface area contributed by atoms with Gasteiger partial charge in [0.25, 0.3) is 11.5 Å². The van der Waals surface area contributed by atoms with Gasteiger partial charge >= 0.3 is 0 Å². The number of carbonyl (C=O) groups is 1. The fraction of sp³-hybridized carbons (Fsp3) is 0.538. The number of fused-ring (bicyclic) bond motifs is 1. The Morgan fingerprint density at radius 3 is 2.65 bits per heavy atom. The van der Waals surface area contributed by atoms with Crippen molar-refractivity contribution < 1.29 is 4.79 Å². The van der Waals surface area contributed by atoms with Crippen molar-refractivity contribution in [3.8, 4) is 11.1 Å². The summed E-state index contributed by atoms with van der Waals surface area (Å²) in [5, 5.41) is 3.16. The van der Waals surface area contributed by atoms with Crippen molar-refractivity contribution in [2.75, 3.05) is 20.1 Å². The number of amides is 1. The van der Waals surface area contributed by atoms with Gasteiger partial charge in [-0.1, -0.05) is 49.6 Å². The van der Waals surface area contributed by atoms with Gasteiger partial charge in [0.1, 0.15) is 0 Å². The molecule has 1 saturated carbocycles. The van der Waals surface area contributed by atoms with Crippen LogP contribution in [0.15, 0.2) is 41.2 Å². The summed E-state index contributed by atoms with van der Waals surface area (Å²) < 4.78 is 1.81. The first-order valence-corrected chi connectivity index (χ1v) is 12.0. The highest BCUT2D eigenvalue weighted by molar-refractivity contribution is 6.02. The Bertz CT molecular complexity index is 945. The molecule has 0 atom stereocenters. The van der Waals surface area contributed by atoms with Crippen molar-refractivity contribution in [2.24, 2.45) is 0 Å². The van der Waals surface area contributed by atoms with E-state index < -0.39 is 0 Å². The summed E-state index contributed by atoms with van der Waals surface area (Å²) in [5.74, 6) is -0.0511. The van der Waals surface area contributed by atoms with Crippen molar-refractivity contribution in [1.82, 2.24) is 14.8 Å². The third-order valence-electron chi connectivity index (χ3n) is 6.95. The van der Waals surface area contributed by atoms with E-state index in [2.05, 4.69) is 17.3 Å². The molecule has 5 nitrogen and oxygen atoms in total. The minimum Gasteiger partial charge on any atom is -0.352 e. The first-order chi connectivity index (χ1) is 15.1. The van der Waals surface area contributed by atoms with Gasteiger partial charge in [0.05, 0.1) is 5.56 Å². The van der Waals surface area contributed by atoms with Crippen molar-refractivity contribution in [3.63, 3.8) is 0 Å². The normalized spacial score (nSPS) is 16.8. The minimum absolute atomic E-state index is 0.000732. The van der Waals surface area contributed by atoms with E-state index in [4.69, 9.17) is 0 Å². The fourth-order valence-electron chi connectivity index (χ4n) is 5.19. The molecule has 2 aromatic rings. The third kappa shape index (κ3) is 5.09. The summed E-state index contributed by atoms with van der Waals surface area (Å²) in [4.78, 5) is 28.5. The molecule has 0 spiro atoms. The standard InChI is InChI=1S/C26H35N3O2/c1-28(21-13-6-3-7-14-21)17-10-16-27-26(31)25-22(20-11-4-2-5-12-20)19-24(30)29-18-9-8-15-23(25)29/h2,4-5,11-12,19,21H,3,6-10,13-18H2,1H3,(H,27,31). The van der Waals surface area contributed by atoms with Gasteiger partial charge in [0.2, 0.25) is 0 Å². The second-order valence-electron chi connectivity index (χ2n) is 9.07. The van der Waals surface area contributed by atoms with Gasteiger partial charge in [-0.3, -0.25) is 9.59 Å². The number of hydrogen-bond donors (Lipinski definition) is 1. The van der Waals surface area contributed by atoms with Crippen LogP contribution in [0, 0.1) is 0 Å². The summed E-state index contributed by atoms with van der Waals surface area (Å²) in [6.45, 7) is 2.36. The smallest absolute Gasteiger partial charge is 0.253 e. The van der Waals surface area contributed by atoms with Crippen LogP contribution in [0.2, 0.25) is 0 Å². The summed E-state index contributed by atoms with van der Waals surface area (Å²) >= 11 is 0. The predicted molar refractivity (Wildman–Crippen MR) is 126 cm³/mol. The van der Waals surface area contributed by atoms with E-state index in [0.717, 1.165) is 49.0 Å². The Balaban J connectivity index is 1.48. The van der Waals surface area contributed by atoms with Crippen LogP contribution in [-0.4, -0.2) is 41.6 Å². The molecule has 1 aromatic heterocycles. The summed E-state index contributed by atoms with van der Waals surface area (Å²) in [6.07, 6.45) is 10.4. The minimum atomic E-state index is -0.0511. The Hall–Kier alpha value is -2.40. The fourth-order valence-corrected chi connectivity index (χ4v) is 5.19. The maximum atomic E-state index is 13.3. The molecule has 31 heavy (non-hydrogen) atoms. The Labute approximate surface area is 185 Å². The van der Waals surface area contributed by atoms with E-state index in [1.807, 2.05) is 34.9 Å². The maximum absolute atomic E-state index is 13.3. The molecule has 1 aromatic carbocycles. The Kier molecular flexibility index (Phi) is 7.23. The number of pyridine rings is 1. The highest BCUT2D eigenvalue weighted by Crippen LogP contribution is 2.28. The lowest BCUT2D eigenvalue weighted by Crippen LogP contribution is -2.36. The average Bonchev–Trinajstić information content (AvgIpc) is 2.82. The van der Waals surface area contributed by atoms with E-state index in [1.54, 1.807) is 6.07 Å². The van der Waals surface area contributed by atoms with Gasteiger partial charge in [-0.2, -0.15) is 0 Å². The van der Waals surface area contributed by atoms with Crippen molar-refractivity contribution in [1.29, 1.82) is 0 Å². The second-order valence-corrected chi connectivity index (χ2v) is 9.07. The monoisotopic (exact) mass is 421 g/mol. The SMILES string of the molecule is CN(CCCNC(=O)c1c(-c2ccccc2)cc(=O)n2c1CCCC2)C1CCCCC1. The molecule has 2 heterocycles. The molecular weight excluding hydrogens is 386 g/mol. The summed E-state index contributed by atoms with van der Waals surface area (Å²) in [5.41, 5.74) is 3.27. The van der Waals surface area contributed by atoms with Crippen molar-refractivity contribution in [3.05, 3.63) is 58.0 Å². The number of rotatable bonds is 7. The van der Waals surface area contributed by atoms with Gasteiger partial charge in [-0.05, 0) is 57.7 Å². The number of aromatic nitrogens is 1. The molecule has 2 aliphatic rings. The molecule has 1 fully saturated rings. The van der Waals surface area contributed by atoms with Crippen molar-refractivity contribution in [2.45, 2.75) is 70.4 Å². The molecule has 1 amide bonds. The largest absolute Gasteiger partial charge is 0.352 e. The van der Waals surface area contributed by atoms with Crippen LogP contribution < -0.4 is 10.9 Å². The van der Waals surface area contributed by atoms with Gasteiger partial charge < -0.3 is 14.8 Å². The second kappa shape index (κ2) is 10.3. The van der Waals surface area contributed by atoms with Gasteiger partial charge in [-0.25, -0.2) is 0 Å². The van der Waals surface area contributed by atoms with E-state index in [9.17, 15) is 9.59 Å². The summed E-state index contributed by atoms with van der Waals surface area (Å²) in [7, 11) is 2.21. The summed E-state index contributed by atoms with van der Waals surface area (Å²) in [6, 6.07) is 12.2. The molecular formula is C26H35N3O2. The predicted octanol–water partition coefficient (Wildman–Crippen LogP) is 4.24. The molecule has 1 aliphatic carbocycles. The Morgan fingerprint density at radius 2 is 1.87 bits per heavy atom. The Morgan fingerprint density at radius 1 is 1.10 bits per heavy atom. The van der Waals surface area contributed by atoms with Crippen LogP contribution in [0.1, 0.15) is 67.4 Å². The zero-order valence-electron chi connectivity index (χ0n) is 18.7. The third-order valence-corrected chi connectivity index (χ3v) is 6.95. The zero-order valence-corrected chi connectivity index (χ0v) is 18.7. The van der Waals surface area contributed by atoms with E-state index in [0.29, 0.717) is 24.7 Å². The van der Waals surface area contributed by atoms with Gasteiger partial charge in [0, 0.05) is 36.5 Å². The highest BCUT2D eigenvalue weighted by atomic mass is 16.2. The molecule has 5 heteroatoms. The molecule has 0 saturated heterocycles. The molecule has 0 unspecified atom stereocenters. The van der Waals surface area contributed by atoms with Gasteiger partial charge in [0.15, 0.2) is 0 Å². The first kappa shape index (κ1) is 21.8. The number of carbonyl (C=O) groups excluding carboxylic acids is 1. The molecule has 166 valence electrons. The van der Waals surface area contributed by atoms with Crippen LogP contribution in [0.4, 0.5) is 0 Å². The molecule has 0 bridgehead atoms. The number of nitrogens with zero attached hydrogens (tertiary/aromatic N) is 2. The molecule has 1 aliphatic heterocycles. The lowest BCUT2D eigenvalue weighted by Gasteiger charge is -2.31. The number of nitrogens with one attached hydrogen (secondary N) is 1.